The highest BCUT2D eigenvalue weighted by Gasteiger charge is 2.38. The van der Waals surface area contributed by atoms with Gasteiger partial charge in [-0.2, -0.15) is 0 Å². The van der Waals surface area contributed by atoms with Crippen LogP contribution in [0, 0.1) is 5.92 Å². The molecule has 0 radical (unpaired) electrons. The van der Waals surface area contributed by atoms with E-state index in [1.165, 1.54) is 12.2 Å². The molecule has 24 heavy (non-hydrogen) atoms. The Balaban J connectivity index is 2.23. The summed E-state index contributed by atoms with van der Waals surface area (Å²) in [5.41, 5.74) is -0.905. The summed E-state index contributed by atoms with van der Waals surface area (Å²) >= 11 is 0. The monoisotopic (exact) mass is 334 g/mol. The lowest BCUT2D eigenvalue weighted by molar-refractivity contribution is -0.210. The molecule has 0 amide bonds. The van der Waals surface area contributed by atoms with Gasteiger partial charge in [-0.1, -0.05) is 42.5 Å². The van der Waals surface area contributed by atoms with Gasteiger partial charge < -0.3 is 20.4 Å². The molecule has 7 heteroatoms. The summed E-state index contributed by atoms with van der Waals surface area (Å²) in [6.07, 6.45) is 5.97. The number of aliphatic hydroxyl groups is 4. The van der Waals surface area contributed by atoms with E-state index in [4.69, 9.17) is 0 Å². The normalized spacial score (nSPS) is 17.9. The number of carbonyl (C=O) groups excluding carboxylic acids is 1. The van der Waals surface area contributed by atoms with Crippen molar-refractivity contribution in [2.75, 3.05) is 0 Å². The number of hydrogen-bond acceptors (Lipinski definition) is 7. The van der Waals surface area contributed by atoms with Crippen LogP contribution in [-0.2, 0) is 0 Å². The molecule has 0 aliphatic heterocycles. The summed E-state index contributed by atoms with van der Waals surface area (Å²) in [5, 5.41) is 43.2. The first-order valence-electron chi connectivity index (χ1n) is 7.46. The van der Waals surface area contributed by atoms with Gasteiger partial charge in [0.2, 0.25) is 11.8 Å². The molecule has 0 atom stereocenters. The fraction of sp³-hybridized carbons (Fsp3) is 0.353. The second-order valence-corrected chi connectivity index (χ2v) is 6.13. The fourth-order valence-electron chi connectivity index (χ4n) is 2.58. The van der Waals surface area contributed by atoms with Crippen LogP contribution in [0.5, 0.6) is 0 Å². The maximum Gasteiger partial charge on any atom is 0.221 e. The molecule has 1 aromatic carbocycles. The quantitative estimate of drug-likeness (QED) is 0.242. The summed E-state index contributed by atoms with van der Waals surface area (Å²) in [6, 6.07) is 8.76. The van der Waals surface area contributed by atoms with Crippen molar-refractivity contribution in [3.05, 3.63) is 60.2 Å². The van der Waals surface area contributed by atoms with Gasteiger partial charge in [0.25, 0.3) is 0 Å². The Bertz CT molecular complexity index is 609. The molecule has 0 bridgehead atoms. The van der Waals surface area contributed by atoms with Crippen LogP contribution in [-0.4, -0.2) is 43.7 Å². The van der Waals surface area contributed by atoms with E-state index in [2.05, 4.69) is 10.6 Å². The third-order valence-corrected chi connectivity index (χ3v) is 3.38. The lowest BCUT2D eigenvalue weighted by Crippen LogP contribution is -2.67. The highest BCUT2D eigenvalue weighted by atomic mass is 16.5. The van der Waals surface area contributed by atoms with Crippen molar-refractivity contribution >= 4 is 5.78 Å². The lowest BCUT2D eigenvalue weighted by atomic mass is 9.89. The number of hydrogen-bond donors (Lipinski definition) is 6. The predicted octanol–water partition coefficient (Wildman–Crippen LogP) is -0.196. The van der Waals surface area contributed by atoms with Crippen LogP contribution in [0.25, 0.3) is 0 Å². The van der Waals surface area contributed by atoms with E-state index in [0.29, 0.717) is 5.56 Å². The topological polar surface area (TPSA) is 122 Å². The van der Waals surface area contributed by atoms with Crippen molar-refractivity contribution in [2.24, 2.45) is 5.92 Å². The number of ketones is 1. The Hall–Kier alpha value is -1.87. The highest BCUT2D eigenvalue weighted by Crippen LogP contribution is 2.23. The van der Waals surface area contributed by atoms with Crippen molar-refractivity contribution in [1.82, 2.24) is 10.6 Å². The average Bonchev–Trinajstić information content (AvgIpc) is 2.44. The zero-order valence-corrected chi connectivity index (χ0v) is 13.5. The molecule has 6 N–H and O–H groups in total. The molecular weight excluding hydrogens is 312 g/mol. The number of rotatable bonds is 6. The Kier molecular flexibility index (Phi) is 5.05. The lowest BCUT2D eigenvalue weighted by Gasteiger charge is -2.40. The van der Waals surface area contributed by atoms with E-state index in [-0.39, 0.29) is 5.78 Å². The molecule has 7 nitrogen and oxygen atoms in total. The van der Waals surface area contributed by atoms with Gasteiger partial charge in [-0.3, -0.25) is 4.79 Å². The summed E-state index contributed by atoms with van der Waals surface area (Å²) < 4.78 is 0. The van der Waals surface area contributed by atoms with Gasteiger partial charge in [0.15, 0.2) is 5.78 Å². The molecule has 1 aliphatic rings. The Labute approximate surface area is 139 Å². The zero-order chi connectivity index (χ0) is 18.0. The SMILES string of the molecule is CC(O)(O)NC1(NC(C)(O)O)C=CC(C(=O)c2ccccc2)C=C1. The van der Waals surface area contributed by atoms with E-state index < -0.39 is 23.4 Å². The van der Waals surface area contributed by atoms with Gasteiger partial charge in [-0.25, -0.2) is 10.6 Å². The van der Waals surface area contributed by atoms with Gasteiger partial charge in [0, 0.05) is 19.4 Å². The Morgan fingerprint density at radius 1 is 0.958 bits per heavy atom. The summed E-state index contributed by atoms with van der Waals surface area (Å²) in [7, 11) is 0. The maximum absolute atomic E-state index is 12.4. The fourth-order valence-corrected chi connectivity index (χ4v) is 2.58. The van der Waals surface area contributed by atoms with Crippen LogP contribution in [0.2, 0.25) is 0 Å². The maximum atomic E-state index is 12.4. The zero-order valence-electron chi connectivity index (χ0n) is 13.5. The van der Waals surface area contributed by atoms with Crippen molar-refractivity contribution in [1.29, 1.82) is 0 Å². The van der Waals surface area contributed by atoms with E-state index in [1.807, 2.05) is 6.07 Å². The van der Waals surface area contributed by atoms with Crippen molar-refractivity contribution < 1.29 is 25.2 Å². The molecule has 1 aromatic rings. The Morgan fingerprint density at radius 3 is 1.83 bits per heavy atom. The number of benzene rings is 1. The van der Waals surface area contributed by atoms with Crippen molar-refractivity contribution in [3.63, 3.8) is 0 Å². The average molecular weight is 334 g/mol. The second kappa shape index (κ2) is 6.56. The van der Waals surface area contributed by atoms with Crippen LogP contribution in [0.15, 0.2) is 54.6 Å². The smallest absolute Gasteiger partial charge is 0.221 e. The molecule has 0 saturated heterocycles. The first-order valence-corrected chi connectivity index (χ1v) is 7.46. The molecule has 1 aliphatic carbocycles. The first-order chi connectivity index (χ1) is 11.0. The Morgan fingerprint density at radius 2 is 1.42 bits per heavy atom. The molecule has 0 aromatic heterocycles. The van der Waals surface area contributed by atoms with E-state index in [1.54, 1.807) is 36.4 Å². The molecule has 130 valence electrons. The van der Waals surface area contributed by atoms with E-state index in [9.17, 15) is 25.2 Å². The largest absolute Gasteiger partial charge is 0.354 e. The highest BCUT2D eigenvalue weighted by molar-refractivity contribution is 6.00. The standard InChI is InChI=1S/C17H22N2O5/c1-15(21,22)18-17(19-16(2,23)24)10-8-13(9-11-17)14(20)12-6-4-3-5-7-12/h3-11,13,18-19,21-24H,1-2H3. The molecule has 0 heterocycles. The van der Waals surface area contributed by atoms with E-state index >= 15 is 0 Å². The van der Waals surface area contributed by atoms with Gasteiger partial charge in [-0.15, -0.1) is 0 Å². The first kappa shape index (κ1) is 18.5. The number of Topliss-reactive ketones (excluding diaryl/α,β-unsaturated/α-hetero) is 1. The molecule has 0 fully saturated rings. The van der Waals surface area contributed by atoms with Gasteiger partial charge in [0.05, 0.1) is 5.92 Å². The van der Waals surface area contributed by atoms with Crippen LogP contribution in [0.1, 0.15) is 24.2 Å². The molecule has 0 saturated carbocycles. The minimum atomic E-state index is -2.29. The summed E-state index contributed by atoms with van der Waals surface area (Å²) in [6.45, 7) is 2.18. The van der Waals surface area contributed by atoms with Crippen molar-refractivity contribution in [3.8, 4) is 0 Å². The molecule has 0 unspecified atom stereocenters. The van der Waals surface area contributed by atoms with Crippen LogP contribution < -0.4 is 10.6 Å². The van der Waals surface area contributed by atoms with Crippen LogP contribution in [0.4, 0.5) is 0 Å². The minimum absolute atomic E-state index is 0.122. The third kappa shape index (κ3) is 5.07. The summed E-state index contributed by atoms with van der Waals surface area (Å²) in [4.78, 5) is 12.4. The third-order valence-electron chi connectivity index (χ3n) is 3.38. The number of carbonyl (C=O) groups is 1. The van der Waals surface area contributed by atoms with Gasteiger partial charge >= 0.3 is 0 Å². The minimum Gasteiger partial charge on any atom is -0.354 e. The molecule has 0 spiro atoms. The van der Waals surface area contributed by atoms with Gasteiger partial charge in [0.1, 0.15) is 5.66 Å². The molecular formula is C17H22N2O5. The number of allylic oxidation sites excluding steroid dienone is 2. The van der Waals surface area contributed by atoms with Crippen LogP contribution in [0.3, 0.4) is 0 Å². The van der Waals surface area contributed by atoms with Crippen molar-refractivity contribution in [2.45, 2.75) is 31.3 Å². The number of nitrogens with one attached hydrogen (secondary N) is 2. The molecule has 2 rings (SSSR count). The summed E-state index contributed by atoms with van der Waals surface area (Å²) in [5.74, 6) is -5.24. The van der Waals surface area contributed by atoms with Gasteiger partial charge in [-0.05, 0) is 12.2 Å². The van der Waals surface area contributed by atoms with E-state index in [0.717, 1.165) is 13.8 Å². The predicted molar refractivity (Wildman–Crippen MR) is 87.2 cm³/mol. The van der Waals surface area contributed by atoms with Crippen LogP contribution >= 0.6 is 0 Å². The second-order valence-electron chi connectivity index (χ2n) is 6.13.